The first-order valence-corrected chi connectivity index (χ1v) is 8.20. The Bertz CT molecular complexity index is 632. The van der Waals surface area contributed by atoms with Crippen molar-refractivity contribution in [2.75, 3.05) is 0 Å². The monoisotopic (exact) mass is 354 g/mol. The summed E-state index contributed by atoms with van der Waals surface area (Å²) >= 11 is 0. The number of hydrazine groups is 1. The highest BCUT2D eigenvalue weighted by atomic mass is 16.8. The standard InChI is InChI=1S/C16H22N2O7/c1-7(19)17(8(2)20)18-11-6-10(13(15(18)22)23-9(3)21)12-14(11)25-16(4,5)24-12/h10-14H,6H2,1-5H3/t10-,11+,12+,13-,14-/m0/s1. The molecule has 3 aliphatic rings. The summed E-state index contributed by atoms with van der Waals surface area (Å²) < 4.78 is 17.1. The van der Waals surface area contributed by atoms with E-state index in [0.29, 0.717) is 6.42 Å². The first-order chi connectivity index (χ1) is 11.5. The highest BCUT2D eigenvalue weighted by Gasteiger charge is 2.65. The van der Waals surface area contributed by atoms with Crippen molar-refractivity contribution in [3.8, 4) is 0 Å². The minimum Gasteiger partial charge on any atom is -0.452 e. The van der Waals surface area contributed by atoms with Crippen LogP contribution in [0.3, 0.4) is 0 Å². The number of hydrogen-bond donors (Lipinski definition) is 0. The second-order valence-electron chi connectivity index (χ2n) is 7.09. The van der Waals surface area contributed by atoms with E-state index in [1.807, 2.05) is 0 Å². The number of piperidine rings is 1. The molecule has 0 spiro atoms. The molecule has 0 aromatic carbocycles. The van der Waals surface area contributed by atoms with Gasteiger partial charge in [0.2, 0.25) is 11.8 Å². The van der Waals surface area contributed by atoms with Crippen LogP contribution in [0, 0.1) is 5.92 Å². The normalized spacial score (nSPS) is 35.3. The lowest BCUT2D eigenvalue weighted by atomic mass is 9.94. The largest absolute Gasteiger partial charge is 0.452 e. The number of esters is 1. The van der Waals surface area contributed by atoms with E-state index in [1.165, 1.54) is 20.8 Å². The molecule has 1 saturated carbocycles. The van der Waals surface area contributed by atoms with E-state index >= 15 is 0 Å². The Morgan fingerprint density at radius 3 is 2.20 bits per heavy atom. The zero-order valence-electron chi connectivity index (χ0n) is 14.8. The Kier molecular flexibility index (Phi) is 4.11. The lowest BCUT2D eigenvalue weighted by Crippen LogP contribution is -2.63. The van der Waals surface area contributed by atoms with Gasteiger partial charge in [-0.25, -0.2) is 5.01 Å². The van der Waals surface area contributed by atoms with Crippen LogP contribution in [0.2, 0.25) is 0 Å². The van der Waals surface area contributed by atoms with Crippen LogP contribution in [-0.4, -0.2) is 63.8 Å². The van der Waals surface area contributed by atoms with E-state index in [1.54, 1.807) is 13.8 Å². The molecule has 25 heavy (non-hydrogen) atoms. The molecule has 3 fully saturated rings. The Balaban J connectivity index is 2.03. The Morgan fingerprint density at radius 1 is 1.12 bits per heavy atom. The van der Waals surface area contributed by atoms with Crippen LogP contribution in [0.1, 0.15) is 41.0 Å². The van der Waals surface area contributed by atoms with Gasteiger partial charge in [-0.3, -0.25) is 19.2 Å². The fraction of sp³-hybridized carbons (Fsp3) is 0.750. The van der Waals surface area contributed by atoms with Gasteiger partial charge >= 0.3 is 5.97 Å². The molecule has 0 N–H and O–H groups in total. The second kappa shape index (κ2) is 5.77. The van der Waals surface area contributed by atoms with Gasteiger partial charge in [-0.2, -0.15) is 5.01 Å². The van der Waals surface area contributed by atoms with E-state index in [4.69, 9.17) is 14.2 Å². The summed E-state index contributed by atoms with van der Waals surface area (Å²) in [5, 5.41) is 1.88. The first-order valence-electron chi connectivity index (χ1n) is 8.20. The predicted molar refractivity (Wildman–Crippen MR) is 81.3 cm³/mol. The number of amides is 3. The van der Waals surface area contributed by atoms with E-state index in [0.717, 1.165) is 10.0 Å². The number of imide groups is 1. The molecule has 5 atom stereocenters. The first kappa shape index (κ1) is 17.8. The molecule has 2 heterocycles. The molecular formula is C16H22N2O7. The quantitative estimate of drug-likeness (QED) is 0.642. The zero-order valence-corrected chi connectivity index (χ0v) is 14.8. The van der Waals surface area contributed by atoms with Crippen LogP contribution >= 0.6 is 0 Å². The maximum Gasteiger partial charge on any atom is 0.303 e. The third-order valence-electron chi connectivity index (χ3n) is 4.76. The number of nitrogens with zero attached hydrogens (tertiary/aromatic N) is 2. The average Bonchev–Trinajstić information content (AvgIpc) is 2.91. The third-order valence-corrected chi connectivity index (χ3v) is 4.76. The molecular weight excluding hydrogens is 332 g/mol. The van der Waals surface area contributed by atoms with Gasteiger partial charge in [0.1, 0.15) is 6.10 Å². The van der Waals surface area contributed by atoms with E-state index in [-0.39, 0.29) is 5.92 Å². The van der Waals surface area contributed by atoms with Gasteiger partial charge in [0.15, 0.2) is 11.9 Å². The molecule has 9 nitrogen and oxygen atoms in total. The number of ether oxygens (including phenoxy) is 3. The molecule has 0 aromatic rings. The number of carbonyl (C=O) groups is 4. The summed E-state index contributed by atoms with van der Waals surface area (Å²) in [5.74, 6) is -3.66. The minimum absolute atomic E-state index is 0.384. The molecule has 2 aliphatic heterocycles. The lowest BCUT2D eigenvalue weighted by molar-refractivity contribution is -0.208. The Morgan fingerprint density at radius 2 is 1.68 bits per heavy atom. The van der Waals surface area contributed by atoms with Gasteiger partial charge in [0.05, 0.1) is 12.1 Å². The van der Waals surface area contributed by atoms with Crippen LogP contribution in [0.5, 0.6) is 0 Å². The van der Waals surface area contributed by atoms with Gasteiger partial charge in [-0.1, -0.05) is 0 Å². The summed E-state index contributed by atoms with van der Waals surface area (Å²) in [7, 11) is 0. The molecule has 2 saturated heterocycles. The topological polar surface area (TPSA) is 102 Å². The number of fused-ring (bicyclic) bond motifs is 5. The Hall–Kier alpha value is -2.00. The van der Waals surface area contributed by atoms with Gasteiger partial charge < -0.3 is 14.2 Å². The molecule has 0 unspecified atom stereocenters. The van der Waals surface area contributed by atoms with Crippen LogP contribution in [0.25, 0.3) is 0 Å². The lowest BCUT2D eigenvalue weighted by Gasteiger charge is -2.43. The maximum absolute atomic E-state index is 13.0. The fourth-order valence-corrected chi connectivity index (χ4v) is 4.09. The van der Waals surface area contributed by atoms with Gasteiger partial charge in [-0.15, -0.1) is 0 Å². The van der Waals surface area contributed by atoms with E-state index in [2.05, 4.69) is 0 Å². The fourth-order valence-electron chi connectivity index (χ4n) is 4.09. The minimum atomic E-state index is -1.12. The third kappa shape index (κ3) is 2.81. The van der Waals surface area contributed by atoms with Crippen LogP contribution in [-0.2, 0) is 33.4 Å². The molecule has 0 aromatic heterocycles. The molecule has 0 radical (unpaired) electrons. The van der Waals surface area contributed by atoms with Crippen molar-refractivity contribution in [1.29, 1.82) is 0 Å². The highest BCUT2D eigenvalue weighted by Crippen LogP contribution is 2.48. The van der Waals surface area contributed by atoms with E-state index < -0.39 is 53.8 Å². The summed E-state index contributed by atoms with van der Waals surface area (Å²) in [6.45, 7) is 7.11. The summed E-state index contributed by atoms with van der Waals surface area (Å²) in [6, 6.07) is -0.538. The number of carbonyl (C=O) groups excluding carboxylic acids is 4. The van der Waals surface area contributed by atoms with Crippen molar-refractivity contribution in [3.63, 3.8) is 0 Å². The van der Waals surface area contributed by atoms with Crippen molar-refractivity contribution in [1.82, 2.24) is 10.0 Å². The molecule has 1 aliphatic carbocycles. The maximum atomic E-state index is 13.0. The Labute approximate surface area is 145 Å². The van der Waals surface area contributed by atoms with Crippen molar-refractivity contribution in [2.45, 2.75) is 71.2 Å². The SMILES string of the molecule is CC(=O)O[C@@H]1C(=O)N(N(C(C)=O)C(C)=O)[C@@H]2C[C@H]1[C@H]1OC(C)(C)O[C@H]12. The smallest absolute Gasteiger partial charge is 0.303 e. The van der Waals surface area contributed by atoms with Gasteiger partial charge in [-0.05, 0) is 20.3 Å². The predicted octanol–water partition coefficient (Wildman–Crippen LogP) is -0.0211. The van der Waals surface area contributed by atoms with Crippen LogP contribution in [0.4, 0.5) is 0 Å². The van der Waals surface area contributed by atoms with Gasteiger partial charge in [0, 0.05) is 26.7 Å². The zero-order chi connectivity index (χ0) is 18.7. The highest BCUT2D eigenvalue weighted by molar-refractivity contribution is 5.97. The van der Waals surface area contributed by atoms with E-state index in [9.17, 15) is 19.2 Å². The molecule has 2 bridgehead atoms. The summed E-state index contributed by atoms with van der Waals surface area (Å²) in [5.41, 5.74) is 0. The van der Waals surface area contributed by atoms with Crippen LogP contribution in [0.15, 0.2) is 0 Å². The van der Waals surface area contributed by atoms with Crippen molar-refractivity contribution in [3.05, 3.63) is 0 Å². The van der Waals surface area contributed by atoms with Crippen molar-refractivity contribution >= 4 is 23.7 Å². The average molecular weight is 354 g/mol. The molecule has 3 amide bonds. The van der Waals surface area contributed by atoms with Crippen molar-refractivity contribution < 1.29 is 33.4 Å². The van der Waals surface area contributed by atoms with Crippen LogP contribution < -0.4 is 0 Å². The summed E-state index contributed by atoms with van der Waals surface area (Å²) in [4.78, 5) is 48.4. The second-order valence-corrected chi connectivity index (χ2v) is 7.09. The number of hydrogen-bond acceptors (Lipinski definition) is 7. The van der Waals surface area contributed by atoms with Crippen molar-refractivity contribution in [2.24, 2.45) is 5.92 Å². The molecule has 9 heteroatoms. The molecule has 3 rings (SSSR count). The summed E-state index contributed by atoms with van der Waals surface area (Å²) in [6.07, 6.45) is -1.68. The van der Waals surface area contributed by atoms with Gasteiger partial charge in [0.25, 0.3) is 5.91 Å². The number of rotatable bonds is 2. The molecule has 138 valence electrons.